The monoisotopic (exact) mass is 300 g/mol. The van der Waals surface area contributed by atoms with E-state index in [9.17, 15) is 14.7 Å². The first-order chi connectivity index (χ1) is 10.4. The van der Waals surface area contributed by atoms with Crippen LogP contribution in [0.2, 0.25) is 0 Å². The molecule has 0 amide bonds. The lowest BCUT2D eigenvalue weighted by atomic mass is 9.97. The molecule has 0 saturated heterocycles. The van der Waals surface area contributed by atoms with Crippen molar-refractivity contribution in [2.45, 2.75) is 20.5 Å². The molecule has 2 rings (SSSR count). The maximum Gasteiger partial charge on any atom is 0.355 e. The Kier molecular flexibility index (Phi) is 4.62. The minimum Gasteiger partial charge on any atom is -0.476 e. The zero-order chi connectivity index (χ0) is 16.3. The Balaban J connectivity index is 2.53. The third-order valence-corrected chi connectivity index (χ3v) is 3.20. The largest absolute Gasteiger partial charge is 0.476 e. The Bertz CT molecular complexity index is 741. The van der Waals surface area contributed by atoms with Crippen LogP contribution in [0, 0.1) is 13.8 Å². The van der Waals surface area contributed by atoms with Gasteiger partial charge in [-0.2, -0.15) is 0 Å². The van der Waals surface area contributed by atoms with E-state index in [4.69, 9.17) is 4.74 Å². The summed E-state index contributed by atoms with van der Waals surface area (Å²) in [6.07, 6.45) is 1.24. The zero-order valence-electron chi connectivity index (χ0n) is 12.6. The van der Waals surface area contributed by atoms with E-state index in [2.05, 4.69) is 9.97 Å². The molecule has 0 aliphatic rings. The number of aryl methyl sites for hydroxylation is 2. The Morgan fingerprint density at radius 2 is 1.95 bits per heavy atom. The highest BCUT2D eigenvalue weighted by atomic mass is 16.5. The molecule has 0 atom stereocenters. The van der Waals surface area contributed by atoms with Crippen molar-refractivity contribution in [3.63, 3.8) is 0 Å². The van der Waals surface area contributed by atoms with Crippen molar-refractivity contribution in [2.75, 3.05) is 7.11 Å². The molecule has 0 saturated carbocycles. The number of methoxy groups -OCH3 is 1. The fourth-order valence-electron chi connectivity index (χ4n) is 2.07. The number of hydrogen-bond acceptors (Lipinski definition) is 5. The first kappa shape index (κ1) is 15.8. The van der Waals surface area contributed by atoms with Gasteiger partial charge >= 0.3 is 5.97 Å². The molecule has 1 aromatic heterocycles. The predicted octanol–water partition coefficient (Wildman–Crippen LogP) is 2.17. The molecule has 2 aromatic rings. The minimum absolute atomic E-state index is 0.0268. The van der Waals surface area contributed by atoms with Gasteiger partial charge in [0.1, 0.15) is 6.61 Å². The number of carbonyl (C=O) groups is 2. The standard InChI is InChI=1S/C16H16N2O4/c1-9-4-5-10(2)11(6-9)15(19)12-7-17-13(8-22-3)18-14(12)16(20)21/h4-7H,8H2,1-3H3,(H,20,21). The number of benzene rings is 1. The van der Waals surface area contributed by atoms with Crippen LogP contribution in [0.5, 0.6) is 0 Å². The minimum atomic E-state index is -1.27. The molecular weight excluding hydrogens is 284 g/mol. The van der Waals surface area contributed by atoms with E-state index in [1.165, 1.54) is 13.3 Å². The second kappa shape index (κ2) is 6.44. The molecule has 6 nitrogen and oxygen atoms in total. The molecule has 114 valence electrons. The molecule has 0 aliphatic heterocycles. The molecule has 0 fully saturated rings. The van der Waals surface area contributed by atoms with E-state index < -0.39 is 11.8 Å². The summed E-state index contributed by atoms with van der Waals surface area (Å²) in [5, 5.41) is 9.29. The quantitative estimate of drug-likeness (QED) is 0.851. The first-order valence-electron chi connectivity index (χ1n) is 6.64. The van der Waals surface area contributed by atoms with Gasteiger partial charge in [-0.25, -0.2) is 14.8 Å². The highest BCUT2D eigenvalue weighted by Crippen LogP contribution is 2.18. The number of carbonyl (C=O) groups excluding carboxylic acids is 1. The third kappa shape index (κ3) is 3.17. The van der Waals surface area contributed by atoms with Gasteiger partial charge in [-0.05, 0) is 25.5 Å². The maximum atomic E-state index is 12.6. The summed E-state index contributed by atoms with van der Waals surface area (Å²) in [6, 6.07) is 5.44. The van der Waals surface area contributed by atoms with Crippen molar-refractivity contribution in [3.8, 4) is 0 Å². The van der Waals surface area contributed by atoms with Crippen molar-refractivity contribution in [1.82, 2.24) is 9.97 Å². The van der Waals surface area contributed by atoms with Crippen LogP contribution in [-0.2, 0) is 11.3 Å². The van der Waals surface area contributed by atoms with Crippen LogP contribution in [0.1, 0.15) is 43.4 Å². The first-order valence-corrected chi connectivity index (χ1v) is 6.64. The number of nitrogens with zero attached hydrogens (tertiary/aromatic N) is 2. The number of carboxylic acids is 1. The molecule has 0 unspecified atom stereocenters. The Morgan fingerprint density at radius 3 is 2.59 bits per heavy atom. The van der Waals surface area contributed by atoms with Crippen LogP contribution in [0.3, 0.4) is 0 Å². The third-order valence-electron chi connectivity index (χ3n) is 3.20. The Hall–Kier alpha value is -2.60. The van der Waals surface area contributed by atoms with Gasteiger partial charge in [0.25, 0.3) is 0 Å². The van der Waals surface area contributed by atoms with Crippen LogP contribution >= 0.6 is 0 Å². The van der Waals surface area contributed by atoms with Crippen LogP contribution in [0.4, 0.5) is 0 Å². The maximum absolute atomic E-state index is 12.6. The summed E-state index contributed by atoms with van der Waals surface area (Å²) in [6.45, 7) is 3.75. The van der Waals surface area contributed by atoms with E-state index in [1.54, 1.807) is 13.0 Å². The number of carboxylic acid groups (broad SMARTS) is 1. The van der Waals surface area contributed by atoms with Crippen LogP contribution in [0.25, 0.3) is 0 Å². The van der Waals surface area contributed by atoms with E-state index in [0.717, 1.165) is 11.1 Å². The Morgan fingerprint density at radius 1 is 1.23 bits per heavy atom. The fourth-order valence-corrected chi connectivity index (χ4v) is 2.07. The van der Waals surface area contributed by atoms with Gasteiger partial charge in [-0.1, -0.05) is 17.7 Å². The summed E-state index contributed by atoms with van der Waals surface area (Å²) in [7, 11) is 1.46. The average molecular weight is 300 g/mol. The lowest BCUT2D eigenvalue weighted by molar-refractivity contribution is 0.0684. The van der Waals surface area contributed by atoms with Gasteiger partial charge in [0, 0.05) is 18.9 Å². The van der Waals surface area contributed by atoms with Gasteiger partial charge in [-0.15, -0.1) is 0 Å². The molecule has 1 N–H and O–H groups in total. The number of ketones is 1. The number of aromatic nitrogens is 2. The molecule has 0 bridgehead atoms. The van der Waals surface area contributed by atoms with Gasteiger partial charge in [0.15, 0.2) is 17.3 Å². The van der Waals surface area contributed by atoms with Crippen LogP contribution < -0.4 is 0 Å². The molecule has 1 heterocycles. The highest BCUT2D eigenvalue weighted by Gasteiger charge is 2.22. The Labute approximate surface area is 127 Å². The second-order valence-electron chi connectivity index (χ2n) is 4.93. The number of rotatable bonds is 5. The van der Waals surface area contributed by atoms with E-state index >= 15 is 0 Å². The molecule has 6 heteroatoms. The fraction of sp³-hybridized carbons (Fsp3) is 0.250. The lowest BCUT2D eigenvalue weighted by Gasteiger charge is -2.09. The van der Waals surface area contributed by atoms with Crippen molar-refractivity contribution in [3.05, 3.63) is 58.2 Å². The van der Waals surface area contributed by atoms with Crippen LogP contribution in [0.15, 0.2) is 24.4 Å². The smallest absolute Gasteiger partial charge is 0.355 e. The summed E-state index contributed by atoms with van der Waals surface area (Å²) in [5.74, 6) is -1.45. The molecule has 0 spiro atoms. The van der Waals surface area contributed by atoms with E-state index in [-0.39, 0.29) is 23.7 Å². The SMILES string of the molecule is COCc1ncc(C(=O)c2cc(C)ccc2C)c(C(=O)O)n1. The van der Waals surface area contributed by atoms with Gasteiger partial charge in [-0.3, -0.25) is 4.79 Å². The number of hydrogen-bond donors (Lipinski definition) is 1. The van der Waals surface area contributed by atoms with Crippen LogP contribution in [-0.4, -0.2) is 33.9 Å². The number of ether oxygens (including phenoxy) is 1. The molecule has 1 aromatic carbocycles. The lowest BCUT2D eigenvalue weighted by Crippen LogP contribution is -2.15. The number of aromatic carboxylic acids is 1. The van der Waals surface area contributed by atoms with Gasteiger partial charge in [0.2, 0.25) is 0 Å². The molecule has 22 heavy (non-hydrogen) atoms. The van der Waals surface area contributed by atoms with Crippen molar-refractivity contribution in [2.24, 2.45) is 0 Å². The van der Waals surface area contributed by atoms with Crippen molar-refractivity contribution >= 4 is 11.8 Å². The summed E-state index contributed by atoms with van der Waals surface area (Å²) in [4.78, 5) is 31.9. The summed E-state index contributed by atoms with van der Waals surface area (Å²) in [5.41, 5.74) is 1.80. The van der Waals surface area contributed by atoms with Gasteiger partial charge in [0.05, 0.1) is 5.56 Å². The van der Waals surface area contributed by atoms with E-state index in [1.807, 2.05) is 19.1 Å². The second-order valence-corrected chi connectivity index (χ2v) is 4.93. The predicted molar refractivity (Wildman–Crippen MR) is 79.1 cm³/mol. The highest BCUT2D eigenvalue weighted by molar-refractivity contribution is 6.14. The van der Waals surface area contributed by atoms with Gasteiger partial charge < -0.3 is 9.84 Å². The molecule has 0 radical (unpaired) electrons. The topological polar surface area (TPSA) is 89.4 Å². The van der Waals surface area contributed by atoms with Crippen molar-refractivity contribution in [1.29, 1.82) is 0 Å². The summed E-state index contributed by atoms with van der Waals surface area (Å²) >= 11 is 0. The zero-order valence-corrected chi connectivity index (χ0v) is 12.6. The normalized spacial score (nSPS) is 10.5. The van der Waals surface area contributed by atoms with E-state index in [0.29, 0.717) is 5.56 Å². The average Bonchev–Trinajstić information content (AvgIpc) is 2.49. The molecule has 0 aliphatic carbocycles. The molecular formula is C16H16N2O4. The summed E-state index contributed by atoms with van der Waals surface area (Å²) < 4.78 is 4.88. The van der Waals surface area contributed by atoms with Crippen molar-refractivity contribution < 1.29 is 19.4 Å².